The molecular weight excluding hydrogens is 272 g/mol. The van der Waals surface area contributed by atoms with Gasteiger partial charge in [-0.05, 0) is 44.8 Å². The number of aryl methyl sites for hydroxylation is 1. The van der Waals surface area contributed by atoms with Crippen LogP contribution in [0.1, 0.15) is 41.7 Å². The molecule has 0 N–H and O–H groups in total. The Labute approximate surface area is 131 Å². The van der Waals surface area contributed by atoms with Crippen LogP contribution in [0.5, 0.6) is 0 Å². The van der Waals surface area contributed by atoms with Crippen LogP contribution in [-0.2, 0) is 13.5 Å². The summed E-state index contributed by atoms with van der Waals surface area (Å²) in [4.78, 5) is 15.6. The lowest BCUT2D eigenvalue weighted by Gasteiger charge is -2.31. The van der Waals surface area contributed by atoms with Crippen molar-refractivity contribution in [1.29, 1.82) is 0 Å². The van der Waals surface area contributed by atoms with E-state index in [9.17, 15) is 4.79 Å². The van der Waals surface area contributed by atoms with Crippen molar-refractivity contribution >= 4 is 16.7 Å². The maximum Gasteiger partial charge on any atom is 0.169 e. The summed E-state index contributed by atoms with van der Waals surface area (Å²) in [7, 11) is 2.10. The summed E-state index contributed by atoms with van der Waals surface area (Å²) in [6, 6.07) is 8.34. The van der Waals surface area contributed by atoms with Gasteiger partial charge in [-0.25, -0.2) is 0 Å². The third-order valence-corrected chi connectivity index (χ3v) is 5.50. The number of Topliss-reactive ketones (excluding diaryl/α,β-unsaturated/α-hetero) is 1. The topological polar surface area (TPSA) is 25.2 Å². The summed E-state index contributed by atoms with van der Waals surface area (Å²) in [5, 5.41) is 1.15. The van der Waals surface area contributed by atoms with Crippen molar-refractivity contribution in [1.82, 2.24) is 9.47 Å². The Bertz CT molecular complexity index is 710. The smallest absolute Gasteiger partial charge is 0.169 e. The number of fused-ring (bicyclic) bond motifs is 3. The summed E-state index contributed by atoms with van der Waals surface area (Å²) in [6.45, 7) is 3.31. The number of likely N-dealkylation sites (tertiary alicyclic amines) is 1. The van der Waals surface area contributed by atoms with E-state index >= 15 is 0 Å². The van der Waals surface area contributed by atoms with Crippen molar-refractivity contribution in [2.45, 2.75) is 32.1 Å². The minimum Gasteiger partial charge on any atom is -0.347 e. The minimum atomic E-state index is 0.191. The number of nitrogens with zero attached hydrogens (tertiary/aromatic N) is 2. The molecule has 1 unspecified atom stereocenters. The Morgan fingerprint density at radius 1 is 1.14 bits per heavy atom. The van der Waals surface area contributed by atoms with Crippen LogP contribution in [0.3, 0.4) is 0 Å². The van der Waals surface area contributed by atoms with E-state index in [0.29, 0.717) is 5.78 Å². The van der Waals surface area contributed by atoms with E-state index in [1.54, 1.807) is 0 Å². The zero-order valence-electron chi connectivity index (χ0n) is 13.3. The van der Waals surface area contributed by atoms with Crippen molar-refractivity contribution in [3.63, 3.8) is 0 Å². The van der Waals surface area contributed by atoms with E-state index in [2.05, 4.69) is 34.7 Å². The lowest BCUT2D eigenvalue weighted by Crippen LogP contribution is -2.38. The standard InChI is InChI=1S/C19H24N2O/c1-20-16-8-4-3-7-15(16)18-17(20)10-9-14(19(18)22)13-21-11-5-2-6-12-21/h3-4,7-8,14H,2,5-6,9-13H2,1H3. The third kappa shape index (κ3) is 2.19. The Morgan fingerprint density at radius 2 is 1.91 bits per heavy atom. The SMILES string of the molecule is Cn1c2c(c3ccccc31)C(=O)C(CN1CCCCC1)CC2. The van der Waals surface area contributed by atoms with Gasteiger partial charge in [0.25, 0.3) is 0 Å². The van der Waals surface area contributed by atoms with Gasteiger partial charge in [-0.15, -0.1) is 0 Å². The summed E-state index contributed by atoms with van der Waals surface area (Å²) in [5.41, 5.74) is 3.44. The molecule has 2 aliphatic rings. The number of piperidine rings is 1. The Balaban J connectivity index is 1.66. The molecule has 4 rings (SSSR count). The van der Waals surface area contributed by atoms with Crippen molar-refractivity contribution in [2.24, 2.45) is 13.0 Å². The number of rotatable bonds is 2. The monoisotopic (exact) mass is 296 g/mol. The molecule has 1 atom stereocenters. The predicted octanol–water partition coefficient (Wildman–Crippen LogP) is 3.41. The predicted molar refractivity (Wildman–Crippen MR) is 89.4 cm³/mol. The number of hydrogen-bond acceptors (Lipinski definition) is 2. The molecule has 1 aliphatic carbocycles. The van der Waals surface area contributed by atoms with Gasteiger partial charge >= 0.3 is 0 Å². The Hall–Kier alpha value is -1.61. The third-order valence-electron chi connectivity index (χ3n) is 5.50. The van der Waals surface area contributed by atoms with E-state index < -0.39 is 0 Å². The maximum absolute atomic E-state index is 13.1. The zero-order valence-corrected chi connectivity index (χ0v) is 13.3. The molecule has 3 heteroatoms. The fourth-order valence-corrected chi connectivity index (χ4v) is 4.29. The van der Waals surface area contributed by atoms with E-state index in [0.717, 1.165) is 30.3 Å². The van der Waals surface area contributed by atoms with Crippen LogP contribution in [-0.4, -0.2) is 34.9 Å². The van der Waals surface area contributed by atoms with Crippen LogP contribution in [0, 0.1) is 5.92 Å². The molecule has 116 valence electrons. The highest BCUT2D eigenvalue weighted by Gasteiger charge is 2.33. The highest BCUT2D eigenvalue weighted by molar-refractivity contribution is 6.11. The van der Waals surface area contributed by atoms with Crippen molar-refractivity contribution < 1.29 is 4.79 Å². The number of aromatic nitrogens is 1. The first kappa shape index (κ1) is 14.0. The molecule has 1 aromatic carbocycles. The first-order chi connectivity index (χ1) is 10.8. The number of ketones is 1. The van der Waals surface area contributed by atoms with Gasteiger partial charge in [0.2, 0.25) is 0 Å². The molecule has 1 aliphatic heterocycles. The van der Waals surface area contributed by atoms with E-state index in [4.69, 9.17) is 0 Å². The molecule has 22 heavy (non-hydrogen) atoms. The van der Waals surface area contributed by atoms with Crippen molar-refractivity contribution in [3.8, 4) is 0 Å². The van der Waals surface area contributed by atoms with Crippen LogP contribution in [0.4, 0.5) is 0 Å². The quantitative estimate of drug-likeness (QED) is 0.848. The molecule has 0 saturated carbocycles. The van der Waals surface area contributed by atoms with Gasteiger partial charge in [-0.3, -0.25) is 4.79 Å². The largest absolute Gasteiger partial charge is 0.347 e. The van der Waals surface area contributed by atoms with E-state index in [1.807, 2.05) is 6.07 Å². The Kier molecular flexibility index (Phi) is 3.53. The van der Waals surface area contributed by atoms with E-state index in [-0.39, 0.29) is 5.92 Å². The molecule has 0 radical (unpaired) electrons. The van der Waals surface area contributed by atoms with Gasteiger partial charge in [0.05, 0.1) is 0 Å². The molecule has 1 saturated heterocycles. The van der Waals surface area contributed by atoms with Crippen LogP contribution in [0.2, 0.25) is 0 Å². The molecular formula is C19H24N2O. The molecule has 0 bridgehead atoms. The zero-order chi connectivity index (χ0) is 15.1. The van der Waals surface area contributed by atoms with Crippen molar-refractivity contribution in [2.75, 3.05) is 19.6 Å². The normalized spacial score (nSPS) is 23.0. The van der Waals surface area contributed by atoms with Crippen LogP contribution < -0.4 is 0 Å². The molecule has 2 heterocycles. The highest BCUT2D eigenvalue weighted by atomic mass is 16.1. The molecule has 0 amide bonds. The van der Waals surface area contributed by atoms with Gasteiger partial charge in [-0.1, -0.05) is 24.6 Å². The fourth-order valence-electron chi connectivity index (χ4n) is 4.29. The summed E-state index contributed by atoms with van der Waals surface area (Å²) < 4.78 is 2.22. The molecule has 0 spiro atoms. The van der Waals surface area contributed by atoms with Gasteiger partial charge in [0, 0.05) is 41.7 Å². The summed E-state index contributed by atoms with van der Waals surface area (Å²) in [6.07, 6.45) is 5.97. The fraction of sp³-hybridized carbons (Fsp3) is 0.526. The highest BCUT2D eigenvalue weighted by Crippen LogP contribution is 2.34. The van der Waals surface area contributed by atoms with Gasteiger partial charge < -0.3 is 9.47 Å². The maximum atomic E-state index is 13.1. The lowest BCUT2D eigenvalue weighted by molar-refractivity contribution is 0.0846. The first-order valence-corrected chi connectivity index (χ1v) is 8.58. The number of hydrogen-bond donors (Lipinski definition) is 0. The second-order valence-electron chi connectivity index (χ2n) is 6.86. The van der Waals surface area contributed by atoms with Crippen LogP contribution >= 0.6 is 0 Å². The summed E-state index contributed by atoms with van der Waals surface area (Å²) >= 11 is 0. The summed E-state index contributed by atoms with van der Waals surface area (Å²) in [5.74, 6) is 0.569. The van der Waals surface area contributed by atoms with Crippen LogP contribution in [0.15, 0.2) is 24.3 Å². The molecule has 3 nitrogen and oxygen atoms in total. The number of para-hydroxylation sites is 1. The average Bonchev–Trinajstić information content (AvgIpc) is 2.85. The van der Waals surface area contributed by atoms with E-state index in [1.165, 1.54) is 43.6 Å². The van der Waals surface area contributed by atoms with Crippen LogP contribution in [0.25, 0.3) is 10.9 Å². The minimum absolute atomic E-state index is 0.191. The first-order valence-electron chi connectivity index (χ1n) is 8.58. The van der Waals surface area contributed by atoms with Gasteiger partial charge in [0.15, 0.2) is 5.78 Å². The average molecular weight is 296 g/mol. The van der Waals surface area contributed by atoms with Gasteiger partial charge in [0.1, 0.15) is 0 Å². The number of carbonyl (C=O) groups excluding carboxylic acids is 1. The molecule has 1 fully saturated rings. The number of benzene rings is 1. The van der Waals surface area contributed by atoms with Crippen molar-refractivity contribution in [3.05, 3.63) is 35.5 Å². The second-order valence-corrected chi connectivity index (χ2v) is 6.86. The lowest BCUT2D eigenvalue weighted by atomic mass is 9.84. The molecule has 2 aromatic rings. The van der Waals surface area contributed by atoms with Gasteiger partial charge in [-0.2, -0.15) is 0 Å². The second kappa shape index (κ2) is 5.54. The Morgan fingerprint density at radius 3 is 2.73 bits per heavy atom. The number of carbonyl (C=O) groups is 1. The molecule has 1 aromatic heterocycles.